The average Bonchev–Trinajstić information content (AvgIpc) is 2.75. The Bertz CT molecular complexity index is 413. The Balaban J connectivity index is 2.31. The van der Waals surface area contributed by atoms with E-state index in [9.17, 15) is 0 Å². The molecule has 1 aromatic heterocycles. The van der Waals surface area contributed by atoms with Gasteiger partial charge in [-0.2, -0.15) is 0 Å². The lowest BCUT2D eigenvalue weighted by Gasteiger charge is -2.13. The SMILES string of the molecule is NNC(c1ccc(Cl)cc1)c1cscn1. The Labute approximate surface area is 96.9 Å². The number of hydrazine groups is 1. The van der Waals surface area contributed by atoms with Crippen molar-refractivity contribution in [3.8, 4) is 0 Å². The molecule has 0 bridgehead atoms. The number of benzene rings is 1. The largest absolute Gasteiger partial charge is 0.271 e. The minimum absolute atomic E-state index is 0.0754. The summed E-state index contributed by atoms with van der Waals surface area (Å²) in [4.78, 5) is 4.23. The van der Waals surface area contributed by atoms with Crippen LogP contribution in [0.4, 0.5) is 0 Å². The molecule has 1 aromatic carbocycles. The van der Waals surface area contributed by atoms with Gasteiger partial charge < -0.3 is 0 Å². The van der Waals surface area contributed by atoms with E-state index in [1.54, 1.807) is 16.8 Å². The van der Waals surface area contributed by atoms with Crippen molar-refractivity contribution < 1.29 is 0 Å². The van der Waals surface area contributed by atoms with Crippen LogP contribution in [0.25, 0.3) is 0 Å². The van der Waals surface area contributed by atoms with Crippen molar-refractivity contribution in [2.75, 3.05) is 0 Å². The summed E-state index contributed by atoms with van der Waals surface area (Å²) in [6.07, 6.45) is 0. The molecule has 0 fully saturated rings. The van der Waals surface area contributed by atoms with Crippen LogP contribution in [0, 0.1) is 0 Å². The summed E-state index contributed by atoms with van der Waals surface area (Å²) in [6, 6.07) is 7.48. The molecule has 78 valence electrons. The highest BCUT2D eigenvalue weighted by Gasteiger charge is 2.13. The van der Waals surface area contributed by atoms with Gasteiger partial charge in [0.25, 0.3) is 0 Å². The minimum atomic E-state index is -0.0754. The van der Waals surface area contributed by atoms with Crippen molar-refractivity contribution >= 4 is 22.9 Å². The van der Waals surface area contributed by atoms with E-state index >= 15 is 0 Å². The van der Waals surface area contributed by atoms with E-state index < -0.39 is 0 Å². The fourth-order valence-corrected chi connectivity index (χ4v) is 2.08. The van der Waals surface area contributed by atoms with Gasteiger partial charge in [-0.05, 0) is 17.7 Å². The normalized spacial score (nSPS) is 12.7. The van der Waals surface area contributed by atoms with Gasteiger partial charge in [0.05, 0.1) is 17.2 Å². The van der Waals surface area contributed by atoms with Gasteiger partial charge >= 0.3 is 0 Å². The number of nitrogens with two attached hydrogens (primary N) is 1. The molecule has 0 amide bonds. The molecule has 1 heterocycles. The second kappa shape index (κ2) is 4.72. The quantitative estimate of drug-likeness (QED) is 0.639. The van der Waals surface area contributed by atoms with Crippen LogP contribution in [0.15, 0.2) is 35.2 Å². The summed E-state index contributed by atoms with van der Waals surface area (Å²) in [7, 11) is 0. The van der Waals surface area contributed by atoms with Crippen molar-refractivity contribution in [2.45, 2.75) is 6.04 Å². The topological polar surface area (TPSA) is 50.9 Å². The number of hydrogen-bond acceptors (Lipinski definition) is 4. The van der Waals surface area contributed by atoms with E-state index in [1.807, 2.05) is 29.6 Å². The third kappa shape index (κ3) is 2.35. The van der Waals surface area contributed by atoms with Gasteiger partial charge in [-0.3, -0.25) is 5.84 Å². The lowest BCUT2D eigenvalue weighted by atomic mass is 10.1. The van der Waals surface area contributed by atoms with Crippen molar-refractivity contribution in [1.29, 1.82) is 0 Å². The molecule has 5 heteroatoms. The Kier molecular flexibility index (Phi) is 3.33. The predicted molar refractivity (Wildman–Crippen MR) is 62.7 cm³/mol. The van der Waals surface area contributed by atoms with Gasteiger partial charge in [-0.25, -0.2) is 10.4 Å². The number of hydrogen-bond donors (Lipinski definition) is 2. The first-order chi connectivity index (χ1) is 7.31. The molecule has 3 N–H and O–H groups in total. The van der Waals surface area contributed by atoms with E-state index in [0.717, 1.165) is 11.3 Å². The Hall–Kier alpha value is -0.940. The van der Waals surface area contributed by atoms with Gasteiger partial charge in [0.2, 0.25) is 0 Å². The van der Waals surface area contributed by atoms with Crippen LogP contribution < -0.4 is 11.3 Å². The van der Waals surface area contributed by atoms with Crippen molar-refractivity contribution in [2.24, 2.45) is 5.84 Å². The summed E-state index contributed by atoms with van der Waals surface area (Å²) in [5.41, 5.74) is 6.50. The van der Waals surface area contributed by atoms with Gasteiger partial charge in [0.15, 0.2) is 0 Å². The second-order valence-corrected chi connectivity index (χ2v) is 4.22. The molecule has 0 saturated carbocycles. The van der Waals surface area contributed by atoms with E-state index in [2.05, 4.69) is 10.4 Å². The van der Waals surface area contributed by atoms with Crippen LogP contribution in [0.3, 0.4) is 0 Å². The van der Waals surface area contributed by atoms with E-state index in [-0.39, 0.29) is 6.04 Å². The number of thiazole rings is 1. The highest BCUT2D eigenvalue weighted by Crippen LogP contribution is 2.22. The third-order valence-corrected chi connectivity index (χ3v) is 2.97. The Morgan fingerprint density at radius 1 is 1.33 bits per heavy atom. The van der Waals surface area contributed by atoms with Crippen molar-refractivity contribution in [3.63, 3.8) is 0 Å². The maximum absolute atomic E-state index is 5.82. The molecule has 3 nitrogen and oxygen atoms in total. The van der Waals surface area contributed by atoms with Crippen molar-refractivity contribution in [1.82, 2.24) is 10.4 Å². The average molecular weight is 240 g/mol. The molecular formula is C10H10ClN3S. The molecule has 15 heavy (non-hydrogen) atoms. The second-order valence-electron chi connectivity index (χ2n) is 3.06. The van der Waals surface area contributed by atoms with Crippen molar-refractivity contribution in [3.05, 3.63) is 51.4 Å². The minimum Gasteiger partial charge on any atom is -0.271 e. The predicted octanol–water partition coefficient (Wildman–Crippen LogP) is 2.35. The number of nitrogens with zero attached hydrogens (tertiary/aromatic N) is 1. The molecule has 0 aliphatic carbocycles. The fraction of sp³-hybridized carbons (Fsp3) is 0.100. The number of nitrogens with one attached hydrogen (secondary N) is 1. The number of rotatable bonds is 3. The first-order valence-corrected chi connectivity index (χ1v) is 5.73. The number of halogens is 1. The van der Waals surface area contributed by atoms with Crippen LogP contribution >= 0.6 is 22.9 Å². The highest BCUT2D eigenvalue weighted by atomic mass is 35.5. The molecule has 1 atom stereocenters. The summed E-state index contributed by atoms with van der Waals surface area (Å²) < 4.78 is 0. The summed E-state index contributed by atoms with van der Waals surface area (Å²) in [5, 5.41) is 2.69. The number of aromatic nitrogens is 1. The van der Waals surface area contributed by atoms with Crippen LogP contribution in [0.2, 0.25) is 5.02 Å². The Morgan fingerprint density at radius 3 is 2.60 bits per heavy atom. The molecular weight excluding hydrogens is 230 g/mol. The first-order valence-electron chi connectivity index (χ1n) is 4.41. The van der Waals surface area contributed by atoms with Gasteiger partial charge in [-0.15, -0.1) is 11.3 Å². The van der Waals surface area contributed by atoms with Gasteiger partial charge in [0, 0.05) is 10.4 Å². The van der Waals surface area contributed by atoms with Crippen LogP contribution in [0.5, 0.6) is 0 Å². The Morgan fingerprint density at radius 2 is 2.07 bits per heavy atom. The van der Waals surface area contributed by atoms with Crippen LogP contribution in [-0.2, 0) is 0 Å². The zero-order valence-corrected chi connectivity index (χ0v) is 9.42. The summed E-state index contributed by atoms with van der Waals surface area (Å²) in [6.45, 7) is 0. The molecule has 0 aliphatic heterocycles. The zero-order valence-electron chi connectivity index (χ0n) is 7.85. The summed E-state index contributed by atoms with van der Waals surface area (Å²) in [5.74, 6) is 5.52. The molecule has 0 aliphatic rings. The lowest BCUT2D eigenvalue weighted by Crippen LogP contribution is -2.28. The maximum atomic E-state index is 5.82. The molecule has 2 rings (SSSR count). The van der Waals surface area contributed by atoms with Gasteiger partial charge in [-0.1, -0.05) is 23.7 Å². The lowest BCUT2D eigenvalue weighted by molar-refractivity contribution is 0.624. The van der Waals surface area contributed by atoms with Crippen LogP contribution in [0.1, 0.15) is 17.3 Å². The van der Waals surface area contributed by atoms with Gasteiger partial charge in [0.1, 0.15) is 0 Å². The molecule has 0 spiro atoms. The molecule has 1 unspecified atom stereocenters. The van der Waals surface area contributed by atoms with E-state index in [1.165, 1.54) is 0 Å². The first kappa shape index (κ1) is 10.6. The highest BCUT2D eigenvalue weighted by molar-refractivity contribution is 7.07. The van der Waals surface area contributed by atoms with E-state index in [4.69, 9.17) is 17.4 Å². The molecule has 2 aromatic rings. The summed E-state index contributed by atoms with van der Waals surface area (Å²) >= 11 is 7.37. The monoisotopic (exact) mass is 239 g/mol. The third-order valence-electron chi connectivity index (χ3n) is 2.12. The molecule has 0 saturated heterocycles. The smallest absolute Gasteiger partial charge is 0.0889 e. The standard InChI is InChI=1S/C10H10ClN3S/c11-8-3-1-7(2-4-8)10(14-12)9-5-15-6-13-9/h1-6,10,14H,12H2. The van der Waals surface area contributed by atoms with E-state index in [0.29, 0.717) is 5.02 Å². The fourth-order valence-electron chi connectivity index (χ4n) is 1.37. The zero-order chi connectivity index (χ0) is 10.7. The molecule has 0 radical (unpaired) electrons. The maximum Gasteiger partial charge on any atom is 0.0889 e. The van der Waals surface area contributed by atoms with Crippen LogP contribution in [-0.4, -0.2) is 4.98 Å².